The second kappa shape index (κ2) is 4.13. The van der Waals surface area contributed by atoms with Gasteiger partial charge in [0.25, 0.3) is 0 Å². The van der Waals surface area contributed by atoms with Crippen LogP contribution in [0.2, 0.25) is 0 Å². The van der Waals surface area contributed by atoms with E-state index in [1.807, 2.05) is 13.0 Å². The fourth-order valence-electron chi connectivity index (χ4n) is 1.51. The Balaban J connectivity index is 3.26. The van der Waals surface area contributed by atoms with Crippen molar-refractivity contribution < 1.29 is 0 Å². The molecule has 0 atom stereocenters. The number of allylic oxidation sites excluding steroid dienone is 1. The highest BCUT2D eigenvalue weighted by Crippen LogP contribution is 2.21. The lowest BCUT2D eigenvalue weighted by Crippen LogP contribution is -1.97. The first kappa shape index (κ1) is 9.85. The average Bonchev–Trinajstić information content (AvgIpc) is 2.11. The summed E-state index contributed by atoms with van der Waals surface area (Å²) in [6.07, 6.45) is 5.07. The van der Waals surface area contributed by atoms with Crippen molar-refractivity contribution in [2.45, 2.75) is 27.2 Å². The minimum atomic E-state index is 0.922. The monoisotopic (exact) mass is 175 g/mol. The van der Waals surface area contributed by atoms with Crippen LogP contribution in [0.15, 0.2) is 18.2 Å². The van der Waals surface area contributed by atoms with Gasteiger partial charge in [-0.15, -0.1) is 0 Å². The minimum Gasteiger partial charge on any atom is -0.398 e. The standard InChI is InChI=1S/C12H17N/c1-4-6-11-8-9(3)7-10(5-2)12(11)13/h4,6-8H,5,13H2,1-3H3/b6-4-. The normalized spacial score (nSPS) is 11.0. The molecule has 0 aliphatic carbocycles. The van der Waals surface area contributed by atoms with Gasteiger partial charge in [-0.2, -0.15) is 0 Å². The van der Waals surface area contributed by atoms with Crippen molar-refractivity contribution in [1.82, 2.24) is 0 Å². The molecule has 0 heterocycles. The Morgan fingerprint density at radius 2 is 2.08 bits per heavy atom. The molecule has 0 fully saturated rings. The van der Waals surface area contributed by atoms with Crippen LogP contribution >= 0.6 is 0 Å². The van der Waals surface area contributed by atoms with Gasteiger partial charge in [0.05, 0.1) is 0 Å². The Morgan fingerprint density at radius 1 is 1.38 bits per heavy atom. The number of hydrogen-bond donors (Lipinski definition) is 1. The molecule has 0 bridgehead atoms. The van der Waals surface area contributed by atoms with Gasteiger partial charge in [0, 0.05) is 5.69 Å². The Bertz CT molecular complexity index is 324. The van der Waals surface area contributed by atoms with Gasteiger partial charge in [0.1, 0.15) is 0 Å². The Hall–Kier alpha value is -1.24. The summed E-state index contributed by atoms with van der Waals surface area (Å²) in [7, 11) is 0. The fraction of sp³-hybridized carbons (Fsp3) is 0.333. The zero-order valence-corrected chi connectivity index (χ0v) is 8.59. The maximum absolute atomic E-state index is 6.00. The molecule has 1 aromatic carbocycles. The van der Waals surface area contributed by atoms with Gasteiger partial charge in [-0.1, -0.05) is 30.7 Å². The highest BCUT2D eigenvalue weighted by molar-refractivity contribution is 5.68. The molecule has 0 radical (unpaired) electrons. The first-order chi connectivity index (χ1) is 6.19. The van der Waals surface area contributed by atoms with Crippen LogP contribution in [0.5, 0.6) is 0 Å². The smallest absolute Gasteiger partial charge is 0.0420 e. The number of nitrogen functional groups attached to an aromatic ring is 1. The van der Waals surface area contributed by atoms with E-state index < -0.39 is 0 Å². The molecule has 70 valence electrons. The number of aryl methyl sites for hydroxylation is 2. The highest BCUT2D eigenvalue weighted by atomic mass is 14.6. The molecule has 1 nitrogen and oxygen atoms in total. The Labute approximate surface area is 80.3 Å². The van der Waals surface area contributed by atoms with Gasteiger partial charge < -0.3 is 5.73 Å². The van der Waals surface area contributed by atoms with Crippen molar-refractivity contribution >= 4 is 11.8 Å². The molecular formula is C12H17N. The zero-order valence-electron chi connectivity index (χ0n) is 8.59. The maximum atomic E-state index is 6.00. The summed E-state index contributed by atoms with van der Waals surface area (Å²) in [4.78, 5) is 0. The number of benzene rings is 1. The predicted octanol–water partition coefficient (Wildman–Crippen LogP) is 3.17. The summed E-state index contributed by atoms with van der Waals surface area (Å²) in [6.45, 7) is 6.24. The molecule has 0 saturated heterocycles. The molecule has 0 saturated carbocycles. The average molecular weight is 175 g/mol. The Morgan fingerprint density at radius 3 is 2.62 bits per heavy atom. The van der Waals surface area contributed by atoms with Gasteiger partial charge in [0.2, 0.25) is 0 Å². The van der Waals surface area contributed by atoms with E-state index in [2.05, 4.69) is 32.1 Å². The van der Waals surface area contributed by atoms with E-state index in [1.165, 1.54) is 11.1 Å². The van der Waals surface area contributed by atoms with Gasteiger partial charge in [-0.25, -0.2) is 0 Å². The quantitative estimate of drug-likeness (QED) is 0.686. The van der Waals surface area contributed by atoms with E-state index in [4.69, 9.17) is 5.73 Å². The molecule has 13 heavy (non-hydrogen) atoms. The zero-order chi connectivity index (χ0) is 9.84. The van der Waals surface area contributed by atoms with E-state index in [9.17, 15) is 0 Å². The van der Waals surface area contributed by atoms with Crippen LogP contribution in [-0.2, 0) is 6.42 Å². The van der Waals surface area contributed by atoms with Crippen LogP contribution in [0, 0.1) is 6.92 Å². The third-order valence-corrected chi connectivity index (χ3v) is 2.17. The molecule has 1 heteroatoms. The van der Waals surface area contributed by atoms with Crippen molar-refractivity contribution in [3.05, 3.63) is 34.9 Å². The van der Waals surface area contributed by atoms with Crippen molar-refractivity contribution in [3.8, 4) is 0 Å². The largest absolute Gasteiger partial charge is 0.398 e. The summed E-state index contributed by atoms with van der Waals surface area (Å²) >= 11 is 0. The van der Waals surface area contributed by atoms with E-state index in [0.717, 1.165) is 17.7 Å². The van der Waals surface area contributed by atoms with E-state index in [0.29, 0.717) is 0 Å². The van der Waals surface area contributed by atoms with Crippen LogP contribution in [0.25, 0.3) is 6.08 Å². The van der Waals surface area contributed by atoms with Crippen LogP contribution in [0.4, 0.5) is 5.69 Å². The van der Waals surface area contributed by atoms with E-state index in [1.54, 1.807) is 0 Å². The van der Waals surface area contributed by atoms with Gasteiger partial charge in [-0.3, -0.25) is 0 Å². The predicted molar refractivity (Wildman–Crippen MR) is 59.7 cm³/mol. The topological polar surface area (TPSA) is 26.0 Å². The third-order valence-electron chi connectivity index (χ3n) is 2.17. The van der Waals surface area contributed by atoms with Crippen molar-refractivity contribution in [2.24, 2.45) is 0 Å². The van der Waals surface area contributed by atoms with Crippen molar-refractivity contribution in [3.63, 3.8) is 0 Å². The molecule has 0 aromatic heterocycles. The second-order valence-corrected chi connectivity index (χ2v) is 3.28. The second-order valence-electron chi connectivity index (χ2n) is 3.28. The number of anilines is 1. The summed E-state index contributed by atoms with van der Waals surface area (Å²) < 4.78 is 0. The molecular weight excluding hydrogens is 158 g/mol. The molecule has 0 amide bonds. The van der Waals surface area contributed by atoms with Gasteiger partial charge in [0.15, 0.2) is 0 Å². The molecule has 0 aliphatic rings. The first-order valence-electron chi connectivity index (χ1n) is 4.70. The molecule has 1 aromatic rings. The third kappa shape index (κ3) is 2.11. The summed E-state index contributed by atoms with van der Waals surface area (Å²) in [6, 6.07) is 4.27. The van der Waals surface area contributed by atoms with Gasteiger partial charge in [-0.05, 0) is 37.5 Å². The van der Waals surface area contributed by atoms with Crippen LogP contribution in [-0.4, -0.2) is 0 Å². The van der Waals surface area contributed by atoms with Crippen molar-refractivity contribution in [1.29, 1.82) is 0 Å². The minimum absolute atomic E-state index is 0.922. The lowest BCUT2D eigenvalue weighted by atomic mass is 10.0. The number of nitrogens with two attached hydrogens (primary N) is 1. The maximum Gasteiger partial charge on any atom is 0.0420 e. The highest BCUT2D eigenvalue weighted by Gasteiger charge is 2.01. The van der Waals surface area contributed by atoms with Crippen LogP contribution in [0.3, 0.4) is 0 Å². The number of hydrogen-bond acceptors (Lipinski definition) is 1. The SMILES string of the molecule is C/C=C\c1cc(C)cc(CC)c1N. The molecule has 2 N–H and O–H groups in total. The lowest BCUT2D eigenvalue weighted by Gasteiger charge is -2.08. The van der Waals surface area contributed by atoms with Crippen LogP contribution in [0.1, 0.15) is 30.5 Å². The molecule has 1 rings (SSSR count). The molecule has 0 spiro atoms. The number of rotatable bonds is 2. The van der Waals surface area contributed by atoms with Gasteiger partial charge >= 0.3 is 0 Å². The summed E-state index contributed by atoms with van der Waals surface area (Å²) in [5.74, 6) is 0. The molecule has 0 unspecified atom stereocenters. The van der Waals surface area contributed by atoms with Crippen LogP contribution < -0.4 is 5.73 Å². The first-order valence-corrected chi connectivity index (χ1v) is 4.70. The lowest BCUT2D eigenvalue weighted by molar-refractivity contribution is 1.13. The van der Waals surface area contributed by atoms with E-state index in [-0.39, 0.29) is 0 Å². The fourth-order valence-corrected chi connectivity index (χ4v) is 1.51. The molecule has 0 aliphatic heterocycles. The summed E-state index contributed by atoms with van der Waals surface area (Å²) in [5, 5.41) is 0. The van der Waals surface area contributed by atoms with E-state index >= 15 is 0 Å². The summed E-state index contributed by atoms with van der Waals surface area (Å²) in [5.41, 5.74) is 10.6. The van der Waals surface area contributed by atoms with Crippen molar-refractivity contribution in [2.75, 3.05) is 5.73 Å². The Kier molecular flexibility index (Phi) is 3.13.